The zero-order chi connectivity index (χ0) is 22.2. The van der Waals surface area contributed by atoms with Gasteiger partial charge in [-0.25, -0.2) is 4.98 Å². The molecule has 4 aromatic rings. The monoisotopic (exact) mass is 448 g/mol. The first-order chi connectivity index (χ1) is 15.6. The molecule has 2 aromatic carbocycles. The Hall–Kier alpha value is -2.90. The number of rotatable bonds is 5. The summed E-state index contributed by atoms with van der Waals surface area (Å²) in [6, 6.07) is 14.8. The van der Waals surface area contributed by atoms with Gasteiger partial charge in [0.25, 0.3) is 0 Å². The SMILES string of the molecule is CCC(=O)N1CCN(Cc2c(-c3ccc(OC)cc3)nc3sc4cc(C)ccc4n23)CC1. The third-order valence-corrected chi connectivity index (χ3v) is 7.27. The lowest BCUT2D eigenvalue weighted by Crippen LogP contribution is -2.48. The highest BCUT2D eigenvalue weighted by Gasteiger charge is 2.24. The highest BCUT2D eigenvalue weighted by molar-refractivity contribution is 7.23. The number of aromatic nitrogens is 2. The number of imidazole rings is 1. The molecule has 6 nitrogen and oxygen atoms in total. The number of thiazole rings is 1. The maximum absolute atomic E-state index is 12.1. The number of fused-ring (bicyclic) bond motifs is 3. The van der Waals surface area contributed by atoms with Gasteiger partial charge in [-0.05, 0) is 48.9 Å². The summed E-state index contributed by atoms with van der Waals surface area (Å²) in [6.07, 6.45) is 0.575. The Bertz CT molecular complexity index is 1270. The second kappa shape index (κ2) is 8.56. The first kappa shape index (κ1) is 21.0. The normalized spacial score (nSPS) is 15.0. The Balaban J connectivity index is 1.55. The molecule has 32 heavy (non-hydrogen) atoms. The molecule has 1 fully saturated rings. The van der Waals surface area contributed by atoms with Gasteiger partial charge in [-0.2, -0.15) is 0 Å². The quantitative estimate of drug-likeness (QED) is 0.448. The number of hydrogen-bond donors (Lipinski definition) is 0. The van der Waals surface area contributed by atoms with Gasteiger partial charge in [-0.15, -0.1) is 0 Å². The smallest absolute Gasteiger partial charge is 0.222 e. The van der Waals surface area contributed by atoms with Gasteiger partial charge in [-0.3, -0.25) is 14.1 Å². The fourth-order valence-electron chi connectivity index (χ4n) is 4.45. The number of benzene rings is 2. The molecule has 0 spiro atoms. The maximum atomic E-state index is 12.1. The van der Waals surface area contributed by atoms with Gasteiger partial charge in [0.05, 0.1) is 28.7 Å². The van der Waals surface area contributed by atoms with Gasteiger partial charge in [0.2, 0.25) is 5.91 Å². The fraction of sp³-hybridized carbons (Fsp3) is 0.360. The lowest BCUT2D eigenvalue weighted by atomic mass is 10.1. The van der Waals surface area contributed by atoms with E-state index in [1.807, 2.05) is 24.0 Å². The molecular weight excluding hydrogens is 420 g/mol. The topological polar surface area (TPSA) is 50.1 Å². The molecule has 1 amide bonds. The number of amides is 1. The highest BCUT2D eigenvalue weighted by atomic mass is 32.1. The van der Waals surface area contributed by atoms with Crippen LogP contribution in [0.4, 0.5) is 0 Å². The summed E-state index contributed by atoms with van der Waals surface area (Å²) in [5.41, 5.74) is 5.79. The molecule has 1 saturated heterocycles. The summed E-state index contributed by atoms with van der Waals surface area (Å²) in [4.78, 5) is 22.6. The Morgan fingerprint density at radius 3 is 2.53 bits per heavy atom. The van der Waals surface area contributed by atoms with Crippen molar-refractivity contribution in [1.82, 2.24) is 19.2 Å². The van der Waals surface area contributed by atoms with Gasteiger partial charge < -0.3 is 9.64 Å². The highest BCUT2D eigenvalue weighted by Crippen LogP contribution is 2.34. The molecule has 0 bridgehead atoms. The molecule has 0 radical (unpaired) electrons. The van der Waals surface area contributed by atoms with Crippen LogP contribution in [0, 0.1) is 6.92 Å². The average Bonchev–Trinajstić information content (AvgIpc) is 3.35. The van der Waals surface area contributed by atoms with Crippen LogP contribution in [-0.2, 0) is 11.3 Å². The van der Waals surface area contributed by atoms with Gasteiger partial charge in [-0.1, -0.05) is 24.3 Å². The first-order valence-electron chi connectivity index (χ1n) is 11.1. The second-order valence-electron chi connectivity index (χ2n) is 8.34. The van der Waals surface area contributed by atoms with Crippen LogP contribution in [0.5, 0.6) is 5.75 Å². The minimum Gasteiger partial charge on any atom is -0.497 e. The Morgan fingerprint density at radius 1 is 1.09 bits per heavy atom. The van der Waals surface area contributed by atoms with Gasteiger partial charge in [0, 0.05) is 44.7 Å². The Kier molecular flexibility index (Phi) is 5.61. The minimum atomic E-state index is 0.245. The number of aryl methyl sites for hydroxylation is 1. The Labute approximate surface area is 192 Å². The molecule has 7 heteroatoms. The van der Waals surface area contributed by atoms with E-state index in [0.29, 0.717) is 6.42 Å². The van der Waals surface area contributed by atoms with Gasteiger partial charge in [0.15, 0.2) is 4.96 Å². The minimum absolute atomic E-state index is 0.245. The molecule has 166 valence electrons. The molecule has 0 saturated carbocycles. The maximum Gasteiger partial charge on any atom is 0.222 e. The van der Waals surface area contributed by atoms with E-state index in [9.17, 15) is 4.79 Å². The van der Waals surface area contributed by atoms with Gasteiger partial charge in [0.1, 0.15) is 5.75 Å². The van der Waals surface area contributed by atoms with E-state index in [4.69, 9.17) is 9.72 Å². The van der Waals surface area contributed by atoms with E-state index in [2.05, 4.69) is 46.6 Å². The largest absolute Gasteiger partial charge is 0.497 e. The van der Waals surface area contributed by atoms with Crippen molar-refractivity contribution >= 4 is 32.4 Å². The van der Waals surface area contributed by atoms with Crippen molar-refractivity contribution in [2.24, 2.45) is 0 Å². The molecule has 0 atom stereocenters. The van der Waals surface area contributed by atoms with Crippen molar-refractivity contribution in [3.8, 4) is 17.0 Å². The molecular formula is C25H28N4O2S. The van der Waals surface area contributed by atoms with E-state index in [-0.39, 0.29) is 5.91 Å². The first-order valence-corrected chi connectivity index (χ1v) is 11.9. The molecule has 3 heterocycles. The molecule has 0 N–H and O–H groups in total. The summed E-state index contributed by atoms with van der Waals surface area (Å²) in [5.74, 6) is 1.09. The summed E-state index contributed by atoms with van der Waals surface area (Å²) in [6.45, 7) is 8.19. The molecule has 1 aliphatic rings. The number of methoxy groups -OCH3 is 1. The van der Waals surface area contributed by atoms with E-state index in [1.54, 1.807) is 18.4 Å². The van der Waals surface area contributed by atoms with E-state index < -0.39 is 0 Å². The number of carbonyl (C=O) groups excluding carboxylic acids is 1. The van der Waals surface area contributed by atoms with Crippen molar-refractivity contribution in [3.63, 3.8) is 0 Å². The fourth-order valence-corrected chi connectivity index (χ4v) is 5.59. The standard InChI is InChI=1S/C25H28N4O2S/c1-4-23(30)28-13-11-27(12-14-28)16-21-24(18-6-8-19(31-3)9-7-18)26-25-29(21)20-10-5-17(2)15-22(20)32-25/h5-10,15H,4,11-14,16H2,1-3H3. The van der Waals surface area contributed by atoms with Crippen molar-refractivity contribution in [2.45, 2.75) is 26.8 Å². The lowest BCUT2D eigenvalue weighted by Gasteiger charge is -2.34. The third kappa shape index (κ3) is 3.76. The van der Waals surface area contributed by atoms with Crippen LogP contribution >= 0.6 is 11.3 Å². The van der Waals surface area contributed by atoms with Crippen LogP contribution in [-0.4, -0.2) is 58.4 Å². The number of piperazine rings is 1. The van der Waals surface area contributed by atoms with E-state index in [0.717, 1.165) is 54.7 Å². The summed E-state index contributed by atoms with van der Waals surface area (Å²) in [7, 11) is 1.68. The van der Waals surface area contributed by atoms with E-state index >= 15 is 0 Å². The van der Waals surface area contributed by atoms with Crippen molar-refractivity contribution in [1.29, 1.82) is 0 Å². The average molecular weight is 449 g/mol. The zero-order valence-electron chi connectivity index (χ0n) is 18.8. The summed E-state index contributed by atoms with van der Waals surface area (Å²) >= 11 is 1.74. The van der Waals surface area contributed by atoms with Crippen LogP contribution in [0.2, 0.25) is 0 Å². The summed E-state index contributed by atoms with van der Waals surface area (Å²) < 4.78 is 8.92. The number of carbonyl (C=O) groups is 1. The van der Waals surface area contributed by atoms with Crippen LogP contribution < -0.4 is 4.74 Å². The number of hydrogen-bond acceptors (Lipinski definition) is 5. The molecule has 2 aromatic heterocycles. The van der Waals surface area contributed by atoms with Crippen molar-refractivity contribution in [3.05, 3.63) is 53.7 Å². The lowest BCUT2D eigenvalue weighted by molar-refractivity contribution is -0.132. The zero-order valence-corrected chi connectivity index (χ0v) is 19.6. The van der Waals surface area contributed by atoms with Crippen molar-refractivity contribution < 1.29 is 9.53 Å². The van der Waals surface area contributed by atoms with E-state index in [1.165, 1.54) is 21.5 Å². The molecule has 5 rings (SSSR count). The van der Waals surface area contributed by atoms with Crippen molar-refractivity contribution in [2.75, 3.05) is 33.3 Å². The van der Waals surface area contributed by atoms with Crippen LogP contribution in [0.1, 0.15) is 24.6 Å². The molecule has 0 aliphatic carbocycles. The van der Waals surface area contributed by atoms with Gasteiger partial charge >= 0.3 is 0 Å². The van der Waals surface area contributed by atoms with Crippen LogP contribution in [0.15, 0.2) is 42.5 Å². The van der Waals surface area contributed by atoms with Crippen LogP contribution in [0.25, 0.3) is 26.4 Å². The predicted molar refractivity (Wildman–Crippen MR) is 129 cm³/mol. The summed E-state index contributed by atoms with van der Waals surface area (Å²) in [5, 5.41) is 0. The molecule has 0 unspecified atom stereocenters. The Morgan fingerprint density at radius 2 is 1.84 bits per heavy atom. The van der Waals surface area contributed by atoms with Crippen LogP contribution in [0.3, 0.4) is 0 Å². The second-order valence-corrected chi connectivity index (χ2v) is 9.35. The predicted octanol–water partition coefficient (Wildman–Crippen LogP) is 4.59. The number of ether oxygens (including phenoxy) is 1. The third-order valence-electron chi connectivity index (χ3n) is 6.26. The molecule has 1 aliphatic heterocycles. The number of nitrogens with zero attached hydrogens (tertiary/aromatic N) is 4.